The van der Waals surface area contributed by atoms with Crippen LogP contribution in [0.1, 0.15) is 12.7 Å². The predicted octanol–water partition coefficient (Wildman–Crippen LogP) is 1.79. The van der Waals surface area contributed by atoms with Crippen LogP contribution in [0.2, 0.25) is 0 Å². The number of nitrogens with zero attached hydrogens (tertiary/aromatic N) is 3. The maximum atomic E-state index is 12.5. The number of alkyl halides is 3. The summed E-state index contributed by atoms with van der Waals surface area (Å²) in [5.41, 5.74) is -0.984. The number of benzene rings is 1. The van der Waals surface area contributed by atoms with Crippen LogP contribution in [0.5, 0.6) is 0 Å². The first-order valence-electron chi connectivity index (χ1n) is 7.50. The summed E-state index contributed by atoms with van der Waals surface area (Å²) in [5.74, 6) is -1.97. The Morgan fingerprint density at radius 3 is 2.61 bits per heavy atom. The SMILES string of the molecule is COCC(C)NS(=O)(=O)c1ccc(Nc2n[nH]c(C(F)(F)F)n2)c([N+](=O)[O-])c1. The first kappa shape index (κ1) is 21.5. The molecule has 2 rings (SSSR count). The number of anilines is 2. The second kappa shape index (κ2) is 8.07. The number of aromatic nitrogens is 3. The Balaban J connectivity index is 2.33. The van der Waals surface area contributed by atoms with Crippen molar-refractivity contribution in [1.82, 2.24) is 19.9 Å². The van der Waals surface area contributed by atoms with Crippen LogP contribution in [-0.2, 0) is 20.9 Å². The summed E-state index contributed by atoms with van der Waals surface area (Å²) in [5, 5.41) is 18.5. The number of ether oxygens (including phenoxy) is 1. The van der Waals surface area contributed by atoms with Gasteiger partial charge in [0.1, 0.15) is 5.69 Å². The van der Waals surface area contributed by atoms with Crippen LogP contribution in [0.25, 0.3) is 0 Å². The average molecular weight is 424 g/mol. The van der Waals surface area contributed by atoms with Crippen molar-refractivity contribution < 1.29 is 31.2 Å². The summed E-state index contributed by atoms with van der Waals surface area (Å²) < 4.78 is 69.3. The second-order valence-electron chi connectivity index (χ2n) is 5.54. The quantitative estimate of drug-likeness (QED) is 0.428. The fraction of sp³-hybridized carbons (Fsp3) is 0.385. The normalized spacial score (nSPS) is 13.3. The minimum atomic E-state index is -4.78. The van der Waals surface area contributed by atoms with Gasteiger partial charge in [-0.15, -0.1) is 5.10 Å². The number of halogens is 3. The fourth-order valence-corrected chi connectivity index (χ4v) is 3.37. The summed E-state index contributed by atoms with van der Waals surface area (Å²) in [7, 11) is -2.71. The molecule has 0 saturated heterocycles. The Morgan fingerprint density at radius 1 is 1.39 bits per heavy atom. The Hall–Kier alpha value is -2.78. The molecule has 0 saturated carbocycles. The Kier molecular flexibility index (Phi) is 6.20. The van der Waals surface area contributed by atoms with Gasteiger partial charge in [-0.3, -0.25) is 15.2 Å². The molecule has 1 atom stereocenters. The highest BCUT2D eigenvalue weighted by molar-refractivity contribution is 7.89. The third kappa shape index (κ3) is 5.14. The standard InChI is InChI=1S/C13H15F3N6O5S/c1-7(6-27-2)21-28(25,26)8-3-4-9(10(5-8)22(23)24)17-12-18-11(19-20-12)13(14,15)16/h3-5,7,21H,6H2,1-2H3,(H2,17,18,19,20). The van der Waals surface area contributed by atoms with E-state index in [-0.39, 0.29) is 12.3 Å². The van der Waals surface area contributed by atoms with Crippen LogP contribution >= 0.6 is 0 Å². The van der Waals surface area contributed by atoms with Gasteiger partial charge in [0.05, 0.1) is 16.4 Å². The van der Waals surface area contributed by atoms with E-state index in [1.807, 2.05) is 0 Å². The zero-order chi connectivity index (χ0) is 21.1. The number of hydrogen-bond acceptors (Lipinski definition) is 8. The van der Waals surface area contributed by atoms with Gasteiger partial charge in [0.25, 0.3) is 5.69 Å². The van der Waals surface area contributed by atoms with Crippen LogP contribution in [-0.4, -0.2) is 48.3 Å². The first-order valence-corrected chi connectivity index (χ1v) is 8.98. The van der Waals surface area contributed by atoms with E-state index in [1.165, 1.54) is 14.0 Å². The lowest BCUT2D eigenvalue weighted by Gasteiger charge is -2.13. The van der Waals surface area contributed by atoms with Crippen LogP contribution < -0.4 is 10.0 Å². The molecule has 0 spiro atoms. The van der Waals surface area contributed by atoms with Crippen molar-refractivity contribution in [2.75, 3.05) is 19.0 Å². The molecule has 2 aromatic rings. The minimum Gasteiger partial charge on any atom is -0.383 e. The zero-order valence-electron chi connectivity index (χ0n) is 14.4. The molecule has 0 aliphatic heterocycles. The largest absolute Gasteiger partial charge is 0.451 e. The number of aromatic amines is 1. The fourth-order valence-electron chi connectivity index (χ4n) is 2.12. The first-order chi connectivity index (χ1) is 12.9. The lowest BCUT2D eigenvalue weighted by molar-refractivity contribution is -0.384. The Labute approximate surface area is 156 Å². The van der Waals surface area contributed by atoms with Gasteiger partial charge in [0.2, 0.25) is 21.8 Å². The van der Waals surface area contributed by atoms with Gasteiger partial charge >= 0.3 is 6.18 Å². The number of nitro benzene ring substituents is 1. The summed E-state index contributed by atoms with van der Waals surface area (Å²) in [6, 6.07) is 2.24. The maximum absolute atomic E-state index is 12.5. The van der Waals surface area contributed by atoms with Gasteiger partial charge in [0.15, 0.2) is 0 Å². The van der Waals surface area contributed by atoms with E-state index >= 15 is 0 Å². The van der Waals surface area contributed by atoms with Crippen molar-refractivity contribution in [3.05, 3.63) is 34.1 Å². The van der Waals surface area contributed by atoms with Crippen molar-refractivity contribution in [3.8, 4) is 0 Å². The van der Waals surface area contributed by atoms with Gasteiger partial charge in [-0.1, -0.05) is 0 Å². The summed E-state index contributed by atoms with van der Waals surface area (Å²) in [6.45, 7) is 1.61. The van der Waals surface area contributed by atoms with Gasteiger partial charge in [-0.05, 0) is 19.1 Å². The molecule has 28 heavy (non-hydrogen) atoms. The van der Waals surface area contributed by atoms with Crippen molar-refractivity contribution in [1.29, 1.82) is 0 Å². The molecule has 15 heteroatoms. The number of nitrogens with one attached hydrogen (secondary N) is 3. The molecule has 0 aliphatic carbocycles. The smallest absolute Gasteiger partial charge is 0.383 e. The number of H-pyrrole nitrogens is 1. The van der Waals surface area contributed by atoms with E-state index in [9.17, 15) is 31.7 Å². The monoisotopic (exact) mass is 424 g/mol. The molecule has 0 amide bonds. The Morgan fingerprint density at radius 2 is 2.07 bits per heavy atom. The van der Waals surface area contributed by atoms with Crippen LogP contribution in [0, 0.1) is 10.1 Å². The lowest BCUT2D eigenvalue weighted by atomic mass is 10.2. The lowest BCUT2D eigenvalue weighted by Crippen LogP contribution is -2.35. The van der Waals surface area contributed by atoms with Crippen LogP contribution in [0.15, 0.2) is 23.1 Å². The predicted molar refractivity (Wildman–Crippen MR) is 89.4 cm³/mol. The van der Waals surface area contributed by atoms with Gasteiger partial charge in [-0.25, -0.2) is 13.1 Å². The number of methoxy groups -OCH3 is 1. The van der Waals surface area contributed by atoms with Crippen LogP contribution in [0.4, 0.5) is 30.5 Å². The van der Waals surface area contributed by atoms with E-state index in [0.717, 1.165) is 18.2 Å². The van der Waals surface area contributed by atoms with Gasteiger partial charge < -0.3 is 10.1 Å². The van der Waals surface area contributed by atoms with Crippen molar-refractivity contribution >= 4 is 27.3 Å². The molecule has 0 radical (unpaired) electrons. The third-order valence-corrected chi connectivity index (χ3v) is 4.84. The van der Waals surface area contributed by atoms with E-state index in [2.05, 4.69) is 20.1 Å². The highest BCUT2D eigenvalue weighted by Crippen LogP contribution is 2.31. The molecule has 0 fully saturated rings. The molecule has 1 unspecified atom stereocenters. The molecule has 3 N–H and O–H groups in total. The van der Waals surface area contributed by atoms with Gasteiger partial charge in [-0.2, -0.15) is 18.2 Å². The van der Waals surface area contributed by atoms with Crippen molar-refractivity contribution in [2.24, 2.45) is 0 Å². The molecule has 11 nitrogen and oxygen atoms in total. The van der Waals surface area contributed by atoms with E-state index < -0.39 is 49.5 Å². The molecule has 1 aromatic heterocycles. The molecule has 0 aliphatic rings. The number of nitro groups is 1. The summed E-state index contributed by atoms with van der Waals surface area (Å²) in [6.07, 6.45) is -4.78. The van der Waals surface area contributed by atoms with E-state index in [0.29, 0.717) is 0 Å². The molecule has 154 valence electrons. The summed E-state index contributed by atoms with van der Waals surface area (Å²) in [4.78, 5) is 13.1. The number of sulfonamides is 1. The molecule has 0 bridgehead atoms. The molecule has 1 heterocycles. The van der Waals surface area contributed by atoms with Crippen molar-refractivity contribution in [3.63, 3.8) is 0 Å². The third-order valence-electron chi connectivity index (χ3n) is 3.25. The van der Waals surface area contributed by atoms with Crippen molar-refractivity contribution in [2.45, 2.75) is 24.0 Å². The van der Waals surface area contributed by atoms with E-state index in [1.54, 1.807) is 5.10 Å². The highest BCUT2D eigenvalue weighted by atomic mass is 32.2. The highest BCUT2D eigenvalue weighted by Gasteiger charge is 2.35. The van der Waals surface area contributed by atoms with Gasteiger partial charge in [0, 0.05) is 19.2 Å². The molecular formula is C13H15F3N6O5S. The van der Waals surface area contributed by atoms with Crippen LogP contribution in [0.3, 0.4) is 0 Å². The second-order valence-corrected chi connectivity index (χ2v) is 7.26. The minimum absolute atomic E-state index is 0.0767. The summed E-state index contributed by atoms with van der Waals surface area (Å²) >= 11 is 0. The average Bonchev–Trinajstić information content (AvgIpc) is 3.03. The number of rotatable bonds is 8. The maximum Gasteiger partial charge on any atom is 0.451 e. The number of hydrogen-bond donors (Lipinski definition) is 3. The molecule has 1 aromatic carbocycles. The topological polar surface area (TPSA) is 152 Å². The Bertz CT molecular complexity index is 962. The van der Waals surface area contributed by atoms with E-state index in [4.69, 9.17) is 4.74 Å². The molecular weight excluding hydrogens is 409 g/mol. The zero-order valence-corrected chi connectivity index (χ0v) is 15.3.